The molecule has 2 heteroatoms. The van der Waals surface area contributed by atoms with Crippen LogP contribution in [-0.2, 0) is 4.74 Å². The van der Waals surface area contributed by atoms with Crippen LogP contribution in [0.25, 0.3) is 0 Å². The first kappa shape index (κ1) is 6.44. The van der Waals surface area contributed by atoms with Crippen molar-refractivity contribution in [3.63, 3.8) is 0 Å². The van der Waals surface area contributed by atoms with E-state index in [1.54, 1.807) is 0 Å². The number of fused-ring (bicyclic) bond motifs is 1. The molecular weight excluding hydrogens is 138 g/mol. The molecule has 0 aromatic heterocycles. The van der Waals surface area contributed by atoms with Gasteiger partial charge in [0.1, 0.15) is 0 Å². The normalized spacial score (nSPS) is 50.5. The maximum Gasteiger partial charge on any atom is 0.0645 e. The van der Waals surface area contributed by atoms with Gasteiger partial charge in [0, 0.05) is 13.1 Å². The number of likely N-dealkylation sites (tertiary alicyclic amines) is 1. The van der Waals surface area contributed by atoms with Crippen LogP contribution >= 0.6 is 0 Å². The van der Waals surface area contributed by atoms with Crippen LogP contribution in [0.1, 0.15) is 6.92 Å². The first-order valence-electron chi connectivity index (χ1n) is 4.68. The van der Waals surface area contributed by atoms with Gasteiger partial charge in [0.15, 0.2) is 0 Å². The lowest BCUT2D eigenvalue weighted by Gasteiger charge is -2.35. The number of nitrogens with zero attached hydrogens (tertiary/aromatic N) is 1. The Bertz CT molecular complexity index is 166. The first-order valence-corrected chi connectivity index (χ1v) is 4.68. The lowest BCUT2D eigenvalue weighted by atomic mass is 10.2. The van der Waals surface area contributed by atoms with Gasteiger partial charge in [-0.15, -0.1) is 0 Å². The minimum atomic E-state index is 0.787. The van der Waals surface area contributed by atoms with Gasteiger partial charge in [-0.05, 0) is 17.8 Å². The highest BCUT2D eigenvalue weighted by Crippen LogP contribution is 2.51. The third-order valence-corrected chi connectivity index (χ3v) is 3.79. The quantitative estimate of drug-likeness (QED) is 0.546. The van der Waals surface area contributed by atoms with E-state index in [0.717, 1.165) is 37.0 Å². The van der Waals surface area contributed by atoms with E-state index in [9.17, 15) is 0 Å². The third kappa shape index (κ3) is 0.798. The molecule has 3 atom stereocenters. The summed E-state index contributed by atoms with van der Waals surface area (Å²) in [6, 6.07) is 0.787. The largest absolute Gasteiger partial charge is 0.378 e. The molecule has 1 saturated carbocycles. The zero-order chi connectivity index (χ0) is 7.42. The van der Waals surface area contributed by atoms with Crippen molar-refractivity contribution in [1.82, 2.24) is 4.90 Å². The van der Waals surface area contributed by atoms with Gasteiger partial charge >= 0.3 is 0 Å². The predicted molar refractivity (Wildman–Crippen MR) is 42.3 cm³/mol. The number of rotatable bonds is 1. The molecule has 0 amide bonds. The topological polar surface area (TPSA) is 12.5 Å². The highest BCUT2D eigenvalue weighted by molar-refractivity contribution is 5.04. The van der Waals surface area contributed by atoms with E-state index in [2.05, 4.69) is 11.8 Å². The fourth-order valence-electron chi connectivity index (χ4n) is 2.59. The zero-order valence-corrected chi connectivity index (χ0v) is 6.99. The van der Waals surface area contributed by atoms with Gasteiger partial charge in [0.25, 0.3) is 0 Å². The molecule has 0 radical (unpaired) electrons. The molecule has 1 aliphatic carbocycles. The maximum absolute atomic E-state index is 5.18. The lowest BCUT2D eigenvalue weighted by molar-refractivity contribution is -0.0615. The lowest BCUT2D eigenvalue weighted by Crippen LogP contribution is -2.48. The number of ether oxygens (including phenoxy) is 1. The molecule has 11 heavy (non-hydrogen) atoms. The number of hydrogen-bond acceptors (Lipinski definition) is 2. The smallest absolute Gasteiger partial charge is 0.0645 e. The second-order valence-corrected chi connectivity index (χ2v) is 4.33. The molecule has 2 heterocycles. The summed E-state index contributed by atoms with van der Waals surface area (Å²) in [5, 5.41) is 0. The van der Waals surface area contributed by atoms with Gasteiger partial charge in [-0.25, -0.2) is 0 Å². The van der Waals surface area contributed by atoms with Crippen molar-refractivity contribution < 1.29 is 4.74 Å². The molecule has 0 aromatic rings. The second-order valence-electron chi connectivity index (χ2n) is 4.33. The third-order valence-electron chi connectivity index (χ3n) is 3.79. The molecule has 3 fully saturated rings. The summed E-state index contributed by atoms with van der Waals surface area (Å²) in [6.07, 6.45) is 0. The standard InChI is InChI=1S/C9H15NO/c1-6-8-2-10(3-9(6)8)7-4-11-5-7/h6-9H,2-5H2,1H3/t6?,8-,9?/m0/s1. The van der Waals surface area contributed by atoms with Crippen molar-refractivity contribution >= 4 is 0 Å². The Morgan fingerprint density at radius 3 is 2.27 bits per heavy atom. The molecular formula is C9H15NO. The molecule has 3 rings (SSSR count). The summed E-state index contributed by atoms with van der Waals surface area (Å²) in [5.41, 5.74) is 0. The minimum Gasteiger partial charge on any atom is -0.378 e. The minimum absolute atomic E-state index is 0.787. The van der Waals surface area contributed by atoms with E-state index in [-0.39, 0.29) is 0 Å². The van der Waals surface area contributed by atoms with E-state index in [0.29, 0.717) is 0 Å². The van der Waals surface area contributed by atoms with Gasteiger partial charge in [0.2, 0.25) is 0 Å². The van der Waals surface area contributed by atoms with Crippen LogP contribution in [0, 0.1) is 17.8 Å². The van der Waals surface area contributed by atoms with Gasteiger partial charge in [-0.2, -0.15) is 0 Å². The molecule has 0 bridgehead atoms. The van der Waals surface area contributed by atoms with E-state index >= 15 is 0 Å². The maximum atomic E-state index is 5.18. The monoisotopic (exact) mass is 153 g/mol. The summed E-state index contributed by atoms with van der Waals surface area (Å²) in [4.78, 5) is 2.62. The Labute approximate surface area is 67.5 Å². The van der Waals surface area contributed by atoms with Crippen LogP contribution in [0.4, 0.5) is 0 Å². The molecule has 2 unspecified atom stereocenters. The molecule has 3 aliphatic rings. The summed E-state index contributed by atoms with van der Waals surface area (Å²) < 4.78 is 5.18. The van der Waals surface area contributed by atoms with E-state index < -0.39 is 0 Å². The van der Waals surface area contributed by atoms with E-state index in [1.807, 2.05) is 0 Å². The average molecular weight is 153 g/mol. The van der Waals surface area contributed by atoms with E-state index in [1.165, 1.54) is 13.1 Å². The molecule has 2 nitrogen and oxygen atoms in total. The van der Waals surface area contributed by atoms with Crippen molar-refractivity contribution in [1.29, 1.82) is 0 Å². The fraction of sp³-hybridized carbons (Fsp3) is 1.00. The Morgan fingerprint density at radius 2 is 1.82 bits per heavy atom. The summed E-state index contributed by atoms with van der Waals surface area (Å²) in [5.74, 6) is 3.14. The first-order chi connectivity index (χ1) is 5.36. The number of hydrogen-bond donors (Lipinski definition) is 0. The van der Waals surface area contributed by atoms with Crippen molar-refractivity contribution in [2.24, 2.45) is 17.8 Å². The Kier molecular flexibility index (Phi) is 1.16. The van der Waals surface area contributed by atoms with Crippen molar-refractivity contribution in [3.05, 3.63) is 0 Å². The van der Waals surface area contributed by atoms with Crippen molar-refractivity contribution in [3.8, 4) is 0 Å². The Morgan fingerprint density at radius 1 is 1.18 bits per heavy atom. The van der Waals surface area contributed by atoms with Crippen LogP contribution in [0.5, 0.6) is 0 Å². The highest BCUT2D eigenvalue weighted by atomic mass is 16.5. The molecule has 62 valence electrons. The fourth-order valence-corrected chi connectivity index (χ4v) is 2.59. The molecule has 0 N–H and O–H groups in total. The molecule has 0 aromatic carbocycles. The van der Waals surface area contributed by atoms with Crippen LogP contribution in [0.3, 0.4) is 0 Å². The van der Waals surface area contributed by atoms with Crippen LogP contribution in [-0.4, -0.2) is 37.2 Å². The predicted octanol–water partition coefficient (Wildman–Crippen LogP) is 0.583. The number of piperidine rings is 1. The SMILES string of the molecule is CC1C2CN(C3COC3)C[C@@H]12. The van der Waals surface area contributed by atoms with Crippen molar-refractivity contribution in [2.45, 2.75) is 13.0 Å². The van der Waals surface area contributed by atoms with Gasteiger partial charge < -0.3 is 4.74 Å². The Hall–Kier alpha value is -0.0800. The summed E-state index contributed by atoms with van der Waals surface area (Å²) >= 11 is 0. The molecule has 2 aliphatic heterocycles. The summed E-state index contributed by atoms with van der Waals surface area (Å²) in [6.45, 7) is 7.10. The van der Waals surface area contributed by atoms with Crippen molar-refractivity contribution in [2.75, 3.05) is 26.3 Å². The van der Waals surface area contributed by atoms with Gasteiger partial charge in [0.05, 0.1) is 19.3 Å². The molecule has 2 saturated heterocycles. The van der Waals surface area contributed by atoms with Crippen LogP contribution in [0.15, 0.2) is 0 Å². The van der Waals surface area contributed by atoms with Gasteiger partial charge in [-0.1, -0.05) is 6.92 Å². The highest BCUT2D eigenvalue weighted by Gasteiger charge is 2.54. The summed E-state index contributed by atoms with van der Waals surface area (Å²) in [7, 11) is 0. The van der Waals surface area contributed by atoms with Gasteiger partial charge in [-0.3, -0.25) is 4.90 Å². The zero-order valence-electron chi connectivity index (χ0n) is 6.99. The molecule has 0 spiro atoms. The van der Waals surface area contributed by atoms with E-state index in [4.69, 9.17) is 4.74 Å². The van der Waals surface area contributed by atoms with Crippen LogP contribution < -0.4 is 0 Å². The second kappa shape index (κ2) is 1.99. The van der Waals surface area contributed by atoms with Crippen LogP contribution in [0.2, 0.25) is 0 Å². The average Bonchev–Trinajstić information content (AvgIpc) is 2.42. The Balaban J connectivity index is 1.60.